The van der Waals surface area contributed by atoms with Crippen molar-refractivity contribution >= 4 is 17.4 Å². The summed E-state index contributed by atoms with van der Waals surface area (Å²) < 4.78 is 16.2. The van der Waals surface area contributed by atoms with Crippen molar-refractivity contribution in [2.75, 3.05) is 33.5 Å². The Bertz CT molecular complexity index is 972. The second kappa shape index (κ2) is 7.92. The first-order chi connectivity index (χ1) is 14.1. The van der Waals surface area contributed by atoms with Crippen molar-refractivity contribution in [2.24, 2.45) is 0 Å². The highest BCUT2D eigenvalue weighted by molar-refractivity contribution is 6.46. The molecular weight excluding hydrogens is 376 g/mol. The maximum absolute atomic E-state index is 12.8. The van der Waals surface area contributed by atoms with Gasteiger partial charge >= 0.3 is 0 Å². The first-order valence-electron chi connectivity index (χ1n) is 9.19. The number of aromatic nitrogens is 1. The molecule has 8 heteroatoms. The summed E-state index contributed by atoms with van der Waals surface area (Å²) in [5.41, 5.74) is 1.07. The van der Waals surface area contributed by atoms with Crippen LogP contribution in [0, 0.1) is 0 Å². The van der Waals surface area contributed by atoms with Crippen LogP contribution in [0.5, 0.6) is 11.5 Å². The number of carbonyl (C=O) groups is 2. The van der Waals surface area contributed by atoms with Crippen molar-refractivity contribution in [1.29, 1.82) is 0 Å². The monoisotopic (exact) mass is 396 g/mol. The van der Waals surface area contributed by atoms with Crippen LogP contribution < -0.4 is 9.47 Å². The van der Waals surface area contributed by atoms with Crippen molar-refractivity contribution in [2.45, 2.75) is 6.04 Å². The number of nitrogens with zero attached hydrogens (tertiary/aromatic N) is 2. The van der Waals surface area contributed by atoms with Crippen molar-refractivity contribution in [3.05, 3.63) is 59.4 Å². The summed E-state index contributed by atoms with van der Waals surface area (Å²) in [6, 6.07) is 7.61. The van der Waals surface area contributed by atoms with Gasteiger partial charge in [-0.15, -0.1) is 0 Å². The molecule has 3 heterocycles. The van der Waals surface area contributed by atoms with E-state index in [0.29, 0.717) is 35.8 Å². The SMILES string of the molecule is COCCN1C(=O)C(=O)C(=C(O)c2ccc3c(c2)OCCO3)[C@@H]1c1ccncc1. The number of carbonyl (C=O) groups excluding carboxylic acids is 2. The van der Waals surface area contributed by atoms with Gasteiger partial charge in [0.05, 0.1) is 18.2 Å². The number of ketones is 1. The minimum atomic E-state index is -0.740. The molecule has 1 aromatic heterocycles. The van der Waals surface area contributed by atoms with Crippen LogP contribution in [0.2, 0.25) is 0 Å². The van der Waals surface area contributed by atoms with E-state index in [9.17, 15) is 14.7 Å². The molecule has 0 saturated carbocycles. The number of aliphatic hydroxyl groups is 1. The number of hydrogen-bond donors (Lipinski definition) is 1. The van der Waals surface area contributed by atoms with Crippen molar-refractivity contribution in [3.8, 4) is 11.5 Å². The van der Waals surface area contributed by atoms with Gasteiger partial charge in [-0.3, -0.25) is 14.6 Å². The summed E-state index contributed by atoms with van der Waals surface area (Å²) in [6.07, 6.45) is 3.16. The first-order valence-corrected chi connectivity index (χ1v) is 9.19. The summed E-state index contributed by atoms with van der Waals surface area (Å²) >= 11 is 0. The molecular formula is C21H20N2O6. The minimum Gasteiger partial charge on any atom is -0.507 e. The highest BCUT2D eigenvalue weighted by atomic mass is 16.6. The zero-order valence-corrected chi connectivity index (χ0v) is 15.8. The zero-order valence-electron chi connectivity index (χ0n) is 15.8. The third-order valence-electron chi connectivity index (χ3n) is 4.91. The van der Waals surface area contributed by atoms with Gasteiger partial charge in [0, 0.05) is 31.6 Å². The molecule has 2 aromatic rings. The van der Waals surface area contributed by atoms with E-state index in [1.54, 1.807) is 42.7 Å². The number of fused-ring (bicyclic) bond motifs is 1. The van der Waals surface area contributed by atoms with Gasteiger partial charge in [-0.2, -0.15) is 0 Å². The normalized spacial score (nSPS) is 20.2. The van der Waals surface area contributed by atoms with Gasteiger partial charge in [0.1, 0.15) is 19.0 Å². The Morgan fingerprint density at radius 3 is 2.62 bits per heavy atom. The van der Waals surface area contributed by atoms with Crippen LogP contribution in [-0.2, 0) is 14.3 Å². The van der Waals surface area contributed by atoms with Crippen LogP contribution in [0.25, 0.3) is 5.76 Å². The van der Waals surface area contributed by atoms with Crippen molar-refractivity contribution < 1.29 is 28.9 Å². The molecule has 29 heavy (non-hydrogen) atoms. The molecule has 2 aliphatic rings. The van der Waals surface area contributed by atoms with Crippen molar-refractivity contribution in [1.82, 2.24) is 9.88 Å². The summed E-state index contributed by atoms with van der Waals surface area (Å²) in [6.45, 7) is 1.32. The molecule has 0 aliphatic carbocycles. The zero-order chi connectivity index (χ0) is 20.4. The number of hydrogen-bond acceptors (Lipinski definition) is 7. The largest absolute Gasteiger partial charge is 0.507 e. The van der Waals surface area contributed by atoms with Gasteiger partial charge < -0.3 is 24.2 Å². The molecule has 8 nitrogen and oxygen atoms in total. The third kappa shape index (κ3) is 3.42. The van der Waals surface area contributed by atoms with Crippen molar-refractivity contribution in [3.63, 3.8) is 0 Å². The smallest absolute Gasteiger partial charge is 0.295 e. The van der Waals surface area contributed by atoms with E-state index in [-0.39, 0.29) is 24.5 Å². The highest BCUT2D eigenvalue weighted by Crippen LogP contribution is 2.40. The highest BCUT2D eigenvalue weighted by Gasteiger charge is 2.45. The summed E-state index contributed by atoms with van der Waals surface area (Å²) in [4.78, 5) is 30.9. The quantitative estimate of drug-likeness (QED) is 0.468. The average molecular weight is 396 g/mol. The van der Waals surface area contributed by atoms with E-state index in [1.807, 2.05) is 0 Å². The number of aliphatic hydroxyl groups excluding tert-OH is 1. The van der Waals surface area contributed by atoms with Crippen LogP contribution in [0.3, 0.4) is 0 Å². The predicted molar refractivity (Wildman–Crippen MR) is 103 cm³/mol. The molecule has 1 amide bonds. The topological polar surface area (TPSA) is 98.2 Å². The van der Waals surface area contributed by atoms with E-state index in [1.165, 1.54) is 12.0 Å². The molecule has 0 radical (unpaired) electrons. The van der Waals surface area contributed by atoms with Gasteiger partial charge in [0.2, 0.25) is 0 Å². The lowest BCUT2D eigenvalue weighted by Crippen LogP contribution is -2.32. The molecule has 2 aliphatic heterocycles. The molecule has 4 rings (SSSR count). The minimum absolute atomic E-state index is 0.0222. The Morgan fingerprint density at radius 1 is 1.17 bits per heavy atom. The fourth-order valence-corrected chi connectivity index (χ4v) is 3.54. The third-order valence-corrected chi connectivity index (χ3v) is 4.91. The lowest BCUT2D eigenvalue weighted by molar-refractivity contribution is -0.140. The molecule has 0 unspecified atom stereocenters. The van der Waals surface area contributed by atoms with Gasteiger partial charge in [-0.25, -0.2) is 0 Å². The number of benzene rings is 1. The molecule has 0 bridgehead atoms. The van der Waals surface area contributed by atoms with E-state index >= 15 is 0 Å². The molecule has 1 aromatic carbocycles. The maximum Gasteiger partial charge on any atom is 0.295 e. The number of amides is 1. The van der Waals surface area contributed by atoms with Gasteiger partial charge in [-0.1, -0.05) is 0 Å². The average Bonchev–Trinajstić information content (AvgIpc) is 3.02. The predicted octanol–water partition coefficient (Wildman–Crippen LogP) is 1.92. The Morgan fingerprint density at radius 2 is 1.90 bits per heavy atom. The van der Waals surface area contributed by atoms with Crippen LogP contribution in [-0.4, -0.2) is 60.2 Å². The molecule has 1 fully saturated rings. The summed E-state index contributed by atoms with van der Waals surface area (Å²) in [5.74, 6) is -0.631. The fraction of sp³-hybridized carbons (Fsp3) is 0.286. The Balaban J connectivity index is 1.82. The molecule has 1 saturated heterocycles. The number of methoxy groups -OCH3 is 1. The number of likely N-dealkylation sites (tertiary alicyclic amines) is 1. The number of Topliss-reactive ketones (excluding diaryl/α,β-unsaturated/α-hetero) is 1. The standard InChI is InChI=1S/C21H20N2O6/c1-27-9-8-23-18(13-4-6-22-7-5-13)17(20(25)21(23)26)19(24)14-2-3-15-16(12-14)29-11-10-28-15/h2-7,12,18,24H,8-11H2,1H3/t18-/m0/s1. The number of rotatable bonds is 5. The van der Waals surface area contributed by atoms with Gasteiger partial charge in [0.15, 0.2) is 11.5 Å². The molecule has 150 valence electrons. The van der Waals surface area contributed by atoms with Crippen LogP contribution in [0.1, 0.15) is 17.2 Å². The lowest BCUT2D eigenvalue weighted by atomic mass is 9.96. The molecule has 1 N–H and O–H groups in total. The summed E-state index contributed by atoms with van der Waals surface area (Å²) in [5, 5.41) is 11.0. The Labute approximate surface area is 167 Å². The lowest BCUT2D eigenvalue weighted by Gasteiger charge is -2.25. The second-order valence-corrected chi connectivity index (χ2v) is 6.62. The summed E-state index contributed by atoms with van der Waals surface area (Å²) in [7, 11) is 1.52. The van der Waals surface area contributed by atoms with Crippen LogP contribution >= 0.6 is 0 Å². The Kier molecular flexibility index (Phi) is 5.18. The van der Waals surface area contributed by atoms with Gasteiger partial charge in [0.25, 0.3) is 11.7 Å². The van der Waals surface area contributed by atoms with E-state index in [2.05, 4.69) is 4.98 Å². The Hall–Kier alpha value is -3.39. The van der Waals surface area contributed by atoms with Crippen LogP contribution in [0.15, 0.2) is 48.3 Å². The fourth-order valence-electron chi connectivity index (χ4n) is 3.54. The van der Waals surface area contributed by atoms with E-state index in [0.717, 1.165) is 0 Å². The van der Waals surface area contributed by atoms with E-state index < -0.39 is 17.7 Å². The molecule has 1 atom stereocenters. The maximum atomic E-state index is 12.8. The second-order valence-electron chi connectivity index (χ2n) is 6.62. The number of ether oxygens (including phenoxy) is 3. The first kappa shape index (κ1) is 18.9. The molecule has 0 spiro atoms. The van der Waals surface area contributed by atoms with Gasteiger partial charge in [-0.05, 0) is 35.9 Å². The number of pyridine rings is 1. The van der Waals surface area contributed by atoms with E-state index in [4.69, 9.17) is 14.2 Å². The van der Waals surface area contributed by atoms with Crippen LogP contribution in [0.4, 0.5) is 0 Å².